The zero-order chi connectivity index (χ0) is 15.2. The van der Waals surface area contributed by atoms with E-state index in [1.807, 2.05) is 24.3 Å². The van der Waals surface area contributed by atoms with Crippen molar-refractivity contribution in [2.24, 2.45) is 0 Å². The number of benzene rings is 2. The van der Waals surface area contributed by atoms with Crippen molar-refractivity contribution in [3.05, 3.63) is 65.2 Å². The van der Waals surface area contributed by atoms with Crippen LogP contribution in [0.4, 0.5) is 5.69 Å². The van der Waals surface area contributed by atoms with E-state index in [2.05, 4.69) is 36.5 Å². The van der Waals surface area contributed by atoms with Gasteiger partial charge in [-0.1, -0.05) is 43.3 Å². The summed E-state index contributed by atoms with van der Waals surface area (Å²) in [4.78, 5) is 10.9. The van der Waals surface area contributed by atoms with E-state index in [4.69, 9.17) is 5.11 Å². The molecule has 0 saturated carbocycles. The Morgan fingerprint density at radius 3 is 2.48 bits per heavy atom. The zero-order valence-electron chi connectivity index (χ0n) is 12.5. The number of hydrogen-bond donors (Lipinski definition) is 2. The third-order valence-electron chi connectivity index (χ3n) is 3.68. The number of carboxylic acid groups (broad SMARTS) is 1. The molecule has 2 aromatic carbocycles. The minimum Gasteiger partial charge on any atom is -0.481 e. The van der Waals surface area contributed by atoms with Gasteiger partial charge in [0.1, 0.15) is 0 Å². The SMILES string of the molecule is CCc1cccc(NCc2ccc(C(C)C(=O)O)cc2)c1. The van der Waals surface area contributed by atoms with Gasteiger partial charge in [-0.2, -0.15) is 0 Å². The molecule has 0 spiro atoms. The second-order valence-corrected chi connectivity index (χ2v) is 5.21. The van der Waals surface area contributed by atoms with E-state index >= 15 is 0 Å². The summed E-state index contributed by atoms with van der Waals surface area (Å²) in [6, 6.07) is 16.1. The van der Waals surface area contributed by atoms with Gasteiger partial charge in [0.25, 0.3) is 0 Å². The number of aliphatic carboxylic acids is 1. The van der Waals surface area contributed by atoms with E-state index in [9.17, 15) is 4.79 Å². The second kappa shape index (κ2) is 6.93. The summed E-state index contributed by atoms with van der Waals surface area (Å²) in [6.45, 7) is 4.57. The molecule has 0 aliphatic carbocycles. The molecule has 0 aromatic heterocycles. The van der Waals surface area contributed by atoms with E-state index in [-0.39, 0.29) is 0 Å². The standard InChI is InChI=1S/C18H21NO2/c1-3-14-5-4-6-17(11-14)19-12-15-7-9-16(10-8-15)13(2)18(20)21/h4-11,13,19H,3,12H2,1-2H3,(H,20,21). The maximum atomic E-state index is 10.9. The molecule has 2 aromatic rings. The van der Waals surface area contributed by atoms with Gasteiger partial charge in [-0.25, -0.2) is 0 Å². The molecule has 0 aliphatic rings. The number of hydrogen-bond acceptors (Lipinski definition) is 2. The van der Waals surface area contributed by atoms with Gasteiger partial charge in [0.15, 0.2) is 0 Å². The number of aryl methyl sites for hydroxylation is 1. The first-order valence-corrected chi connectivity index (χ1v) is 7.24. The topological polar surface area (TPSA) is 49.3 Å². The Morgan fingerprint density at radius 1 is 1.14 bits per heavy atom. The van der Waals surface area contributed by atoms with E-state index in [1.54, 1.807) is 6.92 Å². The average Bonchev–Trinajstić information content (AvgIpc) is 2.53. The first kappa shape index (κ1) is 15.1. The summed E-state index contributed by atoms with van der Waals surface area (Å²) in [5.74, 6) is -1.26. The fourth-order valence-corrected chi connectivity index (χ4v) is 2.17. The van der Waals surface area contributed by atoms with Crippen molar-refractivity contribution in [1.29, 1.82) is 0 Å². The zero-order valence-corrected chi connectivity index (χ0v) is 12.5. The number of rotatable bonds is 6. The average molecular weight is 283 g/mol. The summed E-state index contributed by atoms with van der Waals surface area (Å²) in [7, 11) is 0. The van der Waals surface area contributed by atoms with E-state index in [0.717, 1.165) is 29.8 Å². The molecule has 0 bridgehead atoms. The maximum absolute atomic E-state index is 10.9. The molecule has 0 heterocycles. The number of carboxylic acids is 1. The van der Waals surface area contributed by atoms with Crippen molar-refractivity contribution in [1.82, 2.24) is 0 Å². The van der Waals surface area contributed by atoms with Crippen molar-refractivity contribution in [2.45, 2.75) is 32.7 Å². The summed E-state index contributed by atoms with van der Waals surface area (Å²) < 4.78 is 0. The van der Waals surface area contributed by atoms with Gasteiger partial charge in [-0.15, -0.1) is 0 Å². The van der Waals surface area contributed by atoms with E-state index in [0.29, 0.717) is 0 Å². The molecule has 2 N–H and O–H groups in total. The van der Waals surface area contributed by atoms with Crippen LogP contribution < -0.4 is 5.32 Å². The number of nitrogens with one attached hydrogen (secondary N) is 1. The number of anilines is 1. The van der Waals surface area contributed by atoms with E-state index in [1.165, 1.54) is 5.56 Å². The molecule has 2 rings (SSSR count). The third kappa shape index (κ3) is 4.09. The number of carbonyl (C=O) groups is 1. The third-order valence-corrected chi connectivity index (χ3v) is 3.68. The van der Waals surface area contributed by atoms with Crippen molar-refractivity contribution in [2.75, 3.05) is 5.32 Å². The van der Waals surface area contributed by atoms with Crippen molar-refractivity contribution in [3.63, 3.8) is 0 Å². The summed E-state index contributed by atoms with van der Waals surface area (Å²) in [5.41, 5.74) is 4.39. The molecule has 0 saturated heterocycles. The maximum Gasteiger partial charge on any atom is 0.310 e. The Hall–Kier alpha value is -2.29. The predicted octanol–water partition coefficient (Wildman–Crippen LogP) is 4.05. The lowest BCUT2D eigenvalue weighted by atomic mass is 10.00. The molecule has 0 aliphatic heterocycles. The minimum absolute atomic E-state index is 0.465. The van der Waals surface area contributed by atoms with Crippen LogP contribution in [0.15, 0.2) is 48.5 Å². The molecular weight excluding hydrogens is 262 g/mol. The molecule has 0 radical (unpaired) electrons. The van der Waals surface area contributed by atoms with Crippen LogP contribution in [0.5, 0.6) is 0 Å². The van der Waals surface area contributed by atoms with Gasteiger partial charge in [0.05, 0.1) is 5.92 Å². The van der Waals surface area contributed by atoms with Crippen LogP contribution in [-0.2, 0) is 17.8 Å². The highest BCUT2D eigenvalue weighted by Crippen LogP contribution is 2.17. The summed E-state index contributed by atoms with van der Waals surface area (Å²) in [6.07, 6.45) is 1.03. The molecule has 1 atom stereocenters. The molecular formula is C18H21NO2. The van der Waals surface area contributed by atoms with Crippen LogP contribution >= 0.6 is 0 Å². The second-order valence-electron chi connectivity index (χ2n) is 5.21. The normalized spacial score (nSPS) is 11.9. The van der Waals surface area contributed by atoms with Crippen LogP contribution in [0.1, 0.15) is 36.5 Å². The van der Waals surface area contributed by atoms with Crippen molar-refractivity contribution >= 4 is 11.7 Å². The lowest BCUT2D eigenvalue weighted by Crippen LogP contribution is -2.07. The highest BCUT2D eigenvalue weighted by Gasteiger charge is 2.12. The quantitative estimate of drug-likeness (QED) is 0.841. The summed E-state index contributed by atoms with van der Waals surface area (Å²) >= 11 is 0. The van der Waals surface area contributed by atoms with Gasteiger partial charge < -0.3 is 10.4 Å². The van der Waals surface area contributed by atoms with Crippen LogP contribution in [0.3, 0.4) is 0 Å². The fraction of sp³-hybridized carbons (Fsp3) is 0.278. The predicted molar refractivity (Wildman–Crippen MR) is 85.6 cm³/mol. The Labute approximate surface area is 125 Å². The van der Waals surface area contributed by atoms with Crippen LogP contribution in [0.2, 0.25) is 0 Å². The van der Waals surface area contributed by atoms with Gasteiger partial charge in [-0.05, 0) is 42.2 Å². The lowest BCUT2D eigenvalue weighted by Gasteiger charge is -2.10. The molecule has 0 fully saturated rings. The van der Waals surface area contributed by atoms with Crippen LogP contribution in [0, 0.1) is 0 Å². The fourth-order valence-electron chi connectivity index (χ4n) is 2.17. The van der Waals surface area contributed by atoms with E-state index < -0.39 is 11.9 Å². The Balaban J connectivity index is 1.98. The highest BCUT2D eigenvalue weighted by atomic mass is 16.4. The van der Waals surface area contributed by atoms with Gasteiger partial charge in [0.2, 0.25) is 0 Å². The first-order valence-electron chi connectivity index (χ1n) is 7.24. The van der Waals surface area contributed by atoms with Gasteiger partial charge in [-0.3, -0.25) is 4.79 Å². The molecule has 0 amide bonds. The monoisotopic (exact) mass is 283 g/mol. The first-order chi connectivity index (χ1) is 10.1. The van der Waals surface area contributed by atoms with Crippen LogP contribution in [0.25, 0.3) is 0 Å². The lowest BCUT2D eigenvalue weighted by molar-refractivity contribution is -0.138. The molecule has 21 heavy (non-hydrogen) atoms. The molecule has 110 valence electrons. The molecule has 1 unspecified atom stereocenters. The molecule has 3 nitrogen and oxygen atoms in total. The van der Waals surface area contributed by atoms with Crippen molar-refractivity contribution < 1.29 is 9.90 Å². The van der Waals surface area contributed by atoms with Crippen molar-refractivity contribution in [3.8, 4) is 0 Å². The largest absolute Gasteiger partial charge is 0.481 e. The Morgan fingerprint density at radius 2 is 1.86 bits per heavy atom. The molecule has 3 heteroatoms. The van der Waals surface area contributed by atoms with Gasteiger partial charge in [0, 0.05) is 12.2 Å². The smallest absolute Gasteiger partial charge is 0.310 e. The minimum atomic E-state index is -0.794. The summed E-state index contributed by atoms with van der Waals surface area (Å²) in [5, 5.41) is 12.4. The van der Waals surface area contributed by atoms with Gasteiger partial charge >= 0.3 is 5.97 Å². The van der Waals surface area contributed by atoms with Crippen LogP contribution in [-0.4, -0.2) is 11.1 Å². The highest BCUT2D eigenvalue weighted by molar-refractivity contribution is 5.75. The Bertz CT molecular complexity index is 605. The Kier molecular flexibility index (Phi) is 4.99.